The summed E-state index contributed by atoms with van der Waals surface area (Å²) in [7, 11) is 0. The van der Waals surface area contributed by atoms with Gasteiger partial charge in [0.2, 0.25) is 0 Å². The van der Waals surface area contributed by atoms with Gasteiger partial charge in [-0.15, -0.1) is 0 Å². The molecular weight excluding hydrogens is 234 g/mol. The van der Waals surface area contributed by atoms with Crippen molar-refractivity contribution in [1.29, 1.82) is 0 Å². The van der Waals surface area contributed by atoms with Gasteiger partial charge in [-0.2, -0.15) is 0 Å². The van der Waals surface area contributed by atoms with Crippen molar-refractivity contribution in [2.75, 3.05) is 0 Å². The van der Waals surface area contributed by atoms with E-state index in [4.69, 9.17) is 4.98 Å². The summed E-state index contributed by atoms with van der Waals surface area (Å²) in [5.74, 6) is 2.56. The van der Waals surface area contributed by atoms with E-state index in [1.807, 2.05) is 24.5 Å². The third kappa shape index (κ3) is 1.82. The van der Waals surface area contributed by atoms with Gasteiger partial charge in [0.25, 0.3) is 0 Å². The first-order valence-corrected chi connectivity index (χ1v) is 6.71. The van der Waals surface area contributed by atoms with Gasteiger partial charge in [-0.1, -0.05) is 13.0 Å². The molecule has 0 amide bonds. The lowest BCUT2D eigenvalue weighted by Crippen LogP contribution is -1.82. The molecule has 19 heavy (non-hydrogen) atoms. The van der Waals surface area contributed by atoms with E-state index in [0.717, 1.165) is 22.8 Å². The van der Waals surface area contributed by atoms with E-state index < -0.39 is 0 Å². The van der Waals surface area contributed by atoms with E-state index in [1.165, 1.54) is 17.5 Å². The molecule has 3 nitrogen and oxygen atoms in total. The molecule has 0 radical (unpaired) electrons. The number of hydrogen-bond acceptors (Lipinski definition) is 2. The number of H-pyrrole nitrogens is 1. The molecular formula is C16H15N3. The fourth-order valence-corrected chi connectivity index (χ4v) is 2.63. The van der Waals surface area contributed by atoms with Gasteiger partial charge in [0, 0.05) is 18.3 Å². The molecule has 0 saturated heterocycles. The molecule has 3 aromatic rings. The largest absolute Gasteiger partial charge is 0.342 e. The van der Waals surface area contributed by atoms with E-state index in [9.17, 15) is 0 Å². The second-order valence-corrected chi connectivity index (χ2v) is 5.41. The molecule has 1 saturated carbocycles. The maximum Gasteiger partial charge on any atom is 0.110 e. The number of nitrogens with one attached hydrogen (secondary N) is 1. The molecule has 1 aliphatic rings. The van der Waals surface area contributed by atoms with Crippen molar-refractivity contribution < 1.29 is 0 Å². The molecule has 0 spiro atoms. The number of benzene rings is 1. The summed E-state index contributed by atoms with van der Waals surface area (Å²) in [6.07, 6.45) is 4.91. The number of imidazole rings is 1. The predicted molar refractivity (Wildman–Crippen MR) is 75.8 cm³/mol. The fourth-order valence-electron chi connectivity index (χ4n) is 2.63. The van der Waals surface area contributed by atoms with Crippen LogP contribution in [0.15, 0.2) is 42.7 Å². The van der Waals surface area contributed by atoms with Gasteiger partial charge < -0.3 is 4.98 Å². The molecule has 2 unspecified atom stereocenters. The van der Waals surface area contributed by atoms with Crippen LogP contribution in [0, 0.1) is 5.92 Å². The van der Waals surface area contributed by atoms with Crippen molar-refractivity contribution in [3.05, 3.63) is 48.5 Å². The zero-order valence-electron chi connectivity index (χ0n) is 10.8. The van der Waals surface area contributed by atoms with Crippen LogP contribution in [0.4, 0.5) is 0 Å². The van der Waals surface area contributed by atoms with E-state index in [-0.39, 0.29) is 0 Å². The summed E-state index contributed by atoms with van der Waals surface area (Å²) in [4.78, 5) is 12.2. The lowest BCUT2D eigenvalue weighted by atomic mass is 10.1. The molecule has 2 aromatic heterocycles. The molecule has 2 atom stereocenters. The number of aromatic amines is 1. The molecule has 0 bridgehead atoms. The molecule has 3 heteroatoms. The first-order valence-electron chi connectivity index (χ1n) is 6.71. The highest BCUT2D eigenvalue weighted by atomic mass is 14.9. The van der Waals surface area contributed by atoms with Gasteiger partial charge in [-0.3, -0.25) is 4.98 Å². The fraction of sp³-hybridized carbons (Fsp3) is 0.250. The smallest absolute Gasteiger partial charge is 0.110 e. The zero-order valence-corrected chi connectivity index (χ0v) is 10.8. The van der Waals surface area contributed by atoms with E-state index in [1.54, 1.807) is 0 Å². The van der Waals surface area contributed by atoms with E-state index >= 15 is 0 Å². The minimum absolute atomic E-state index is 0.636. The van der Waals surface area contributed by atoms with Crippen LogP contribution < -0.4 is 0 Å². The predicted octanol–water partition coefficient (Wildman–Crippen LogP) is 3.75. The Kier molecular flexibility index (Phi) is 2.21. The van der Waals surface area contributed by atoms with Gasteiger partial charge in [0.1, 0.15) is 5.82 Å². The van der Waals surface area contributed by atoms with Gasteiger partial charge in [-0.25, -0.2) is 4.98 Å². The van der Waals surface area contributed by atoms with Crippen molar-refractivity contribution in [2.24, 2.45) is 5.92 Å². The van der Waals surface area contributed by atoms with Gasteiger partial charge in [-0.05, 0) is 47.7 Å². The number of aromatic nitrogens is 3. The Balaban J connectivity index is 1.79. The quantitative estimate of drug-likeness (QED) is 0.751. The van der Waals surface area contributed by atoms with E-state index in [2.05, 4.69) is 35.1 Å². The van der Waals surface area contributed by atoms with Crippen LogP contribution in [0.25, 0.3) is 22.2 Å². The number of nitrogens with zero attached hydrogens (tertiary/aromatic N) is 2. The van der Waals surface area contributed by atoms with E-state index in [0.29, 0.717) is 5.92 Å². The Morgan fingerprint density at radius 1 is 1.11 bits per heavy atom. The van der Waals surface area contributed by atoms with Crippen LogP contribution in [0.2, 0.25) is 0 Å². The molecule has 1 fully saturated rings. The van der Waals surface area contributed by atoms with Crippen molar-refractivity contribution in [3.8, 4) is 11.1 Å². The number of rotatable bonds is 2. The second-order valence-electron chi connectivity index (χ2n) is 5.41. The maximum atomic E-state index is 4.69. The molecule has 1 aromatic carbocycles. The number of fused-ring (bicyclic) bond motifs is 1. The Morgan fingerprint density at radius 2 is 1.89 bits per heavy atom. The highest BCUT2D eigenvalue weighted by Gasteiger charge is 2.36. The lowest BCUT2D eigenvalue weighted by molar-refractivity contribution is 0.867. The molecule has 1 aliphatic carbocycles. The van der Waals surface area contributed by atoms with Gasteiger partial charge in [0.15, 0.2) is 0 Å². The Morgan fingerprint density at radius 3 is 2.63 bits per heavy atom. The van der Waals surface area contributed by atoms with Crippen LogP contribution in [0.1, 0.15) is 25.1 Å². The molecule has 1 N–H and O–H groups in total. The maximum absolute atomic E-state index is 4.69. The number of hydrogen-bond donors (Lipinski definition) is 1. The average Bonchev–Trinajstić information content (AvgIpc) is 3.03. The van der Waals surface area contributed by atoms with Crippen molar-refractivity contribution in [3.63, 3.8) is 0 Å². The molecule has 4 rings (SSSR count). The summed E-state index contributed by atoms with van der Waals surface area (Å²) < 4.78 is 0. The van der Waals surface area contributed by atoms with Crippen LogP contribution in [0.5, 0.6) is 0 Å². The molecule has 2 heterocycles. The lowest BCUT2D eigenvalue weighted by Gasteiger charge is -2.00. The Labute approximate surface area is 111 Å². The van der Waals surface area contributed by atoms with Crippen molar-refractivity contribution in [2.45, 2.75) is 19.3 Å². The van der Waals surface area contributed by atoms with Crippen LogP contribution in [-0.2, 0) is 0 Å². The highest BCUT2D eigenvalue weighted by molar-refractivity contribution is 5.82. The first-order chi connectivity index (χ1) is 9.31. The van der Waals surface area contributed by atoms with Crippen molar-refractivity contribution >= 4 is 11.0 Å². The molecule has 94 valence electrons. The SMILES string of the molecule is CC1CC1c1nc2ccc(-c3ccncc3)cc2[nH]1. The summed E-state index contributed by atoms with van der Waals surface area (Å²) in [5, 5.41) is 0. The van der Waals surface area contributed by atoms with Crippen LogP contribution in [-0.4, -0.2) is 15.0 Å². The highest BCUT2D eigenvalue weighted by Crippen LogP contribution is 2.46. The normalized spacial score (nSPS) is 21.7. The van der Waals surface area contributed by atoms with Crippen LogP contribution >= 0.6 is 0 Å². The summed E-state index contributed by atoms with van der Waals surface area (Å²) >= 11 is 0. The molecule has 0 aliphatic heterocycles. The minimum atomic E-state index is 0.636. The zero-order chi connectivity index (χ0) is 12.8. The van der Waals surface area contributed by atoms with Crippen LogP contribution in [0.3, 0.4) is 0 Å². The first kappa shape index (κ1) is 10.7. The third-order valence-corrected chi connectivity index (χ3v) is 3.97. The van der Waals surface area contributed by atoms with Crippen molar-refractivity contribution in [1.82, 2.24) is 15.0 Å². The van der Waals surface area contributed by atoms with Gasteiger partial charge in [0.05, 0.1) is 11.0 Å². The number of pyridine rings is 1. The topological polar surface area (TPSA) is 41.6 Å². The standard InChI is InChI=1S/C16H15N3/c1-10-8-13(10)16-18-14-3-2-12(9-15(14)19-16)11-4-6-17-7-5-11/h2-7,9-10,13H,8H2,1H3,(H,18,19). The Bertz CT molecular complexity index is 730. The Hall–Kier alpha value is -2.16. The summed E-state index contributed by atoms with van der Waals surface area (Å²) in [6.45, 7) is 2.28. The minimum Gasteiger partial charge on any atom is -0.342 e. The third-order valence-electron chi connectivity index (χ3n) is 3.97. The summed E-state index contributed by atoms with van der Waals surface area (Å²) in [6, 6.07) is 10.5. The second kappa shape index (κ2) is 3.92. The van der Waals surface area contributed by atoms with Gasteiger partial charge >= 0.3 is 0 Å². The average molecular weight is 249 g/mol. The monoisotopic (exact) mass is 249 g/mol. The summed E-state index contributed by atoms with van der Waals surface area (Å²) in [5.41, 5.74) is 4.58.